The van der Waals surface area contributed by atoms with Gasteiger partial charge in [0.15, 0.2) is 0 Å². The Bertz CT molecular complexity index is 1190. The molecule has 36 heavy (non-hydrogen) atoms. The predicted octanol–water partition coefficient (Wildman–Crippen LogP) is 4.20. The summed E-state index contributed by atoms with van der Waals surface area (Å²) in [5, 5.41) is 8.06. The molecule has 2 saturated heterocycles. The van der Waals surface area contributed by atoms with Gasteiger partial charge >= 0.3 is 0 Å². The van der Waals surface area contributed by atoms with Crippen LogP contribution in [0.15, 0.2) is 48.5 Å². The average Bonchev–Trinajstić information content (AvgIpc) is 3.53. The average molecular weight is 488 g/mol. The maximum atomic E-state index is 13.1. The highest BCUT2D eigenvalue weighted by atomic mass is 16.5. The first-order valence-electron chi connectivity index (χ1n) is 13.1. The summed E-state index contributed by atoms with van der Waals surface area (Å²) in [5.41, 5.74) is 6.54. The first-order chi connectivity index (χ1) is 17.5. The zero-order valence-electron chi connectivity index (χ0n) is 21.7. The van der Waals surface area contributed by atoms with Crippen LogP contribution in [0.1, 0.15) is 29.5 Å². The van der Waals surface area contributed by atoms with E-state index in [2.05, 4.69) is 48.0 Å². The van der Waals surface area contributed by atoms with Crippen LogP contribution in [0, 0.1) is 20.8 Å². The molecule has 1 N–H and O–H groups in total. The van der Waals surface area contributed by atoms with Gasteiger partial charge in [-0.2, -0.15) is 5.10 Å². The summed E-state index contributed by atoms with van der Waals surface area (Å²) < 4.78 is 7.62. The largest absolute Gasteiger partial charge is 0.377 e. The Hall–Kier alpha value is -3.00. The molecule has 1 atom stereocenters. The molecule has 0 radical (unpaired) electrons. The maximum Gasteiger partial charge on any atom is 0.239 e. The molecule has 2 aliphatic rings. The van der Waals surface area contributed by atoms with Gasteiger partial charge in [-0.15, -0.1) is 0 Å². The molecule has 3 heterocycles. The Morgan fingerprint density at radius 2 is 1.69 bits per heavy atom. The molecule has 2 aromatic carbocycles. The van der Waals surface area contributed by atoms with Gasteiger partial charge in [0.1, 0.15) is 5.82 Å². The molecule has 190 valence electrons. The van der Waals surface area contributed by atoms with E-state index in [0.717, 1.165) is 56.3 Å². The van der Waals surface area contributed by atoms with Gasteiger partial charge in [0.2, 0.25) is 5.91 Å². The first kappa shape index (κ1) is 24.7. The molecule has 1 unspecified atom stereocenters. The Labute approximate surface area is 214 Å². The van der Waals surface area contributed by atoms with Crippen molar-refractivity contribution in [2.45, 2.75) is 39.7 Å². The Balaban J connectivity index is 1.28. The summed E-state index contributed by atoms with van der Waals surface area (Å²) in [5.74, 6) is 0.680. The first-order valence-corrected chi connectivity index (χ1v) is 13.1. The standard InChI is InChI=1S/C29H37N5O2/c1-21-16-23(3)26(17-22(21)2)27-18-28(34(31-27)24-8-5-4-6-9-24)30-29(35)20-33-13-11-32(12-14-33)19-25-10-7-15-36-25/h4-6,8-9,16-18,25H,7,10-15,19-20H2,1-3H3,(H,30,35). The highest BCUT2D eigenvalue weighted by molar-refractivity contribution is 5.92. The van der Waals surface area contributed by atoms with E-state index in [9.17, 15) is 4.79 Å². The van der Waals surface area contributed by atoms with Crippen LogP contribution in [0.2, 0.25) is 0 Å². The van der Waals surface area contributed by atoms with Crippen molar-refractivity contribution in [1.82, 2.24) is 19.6 Å². The lowest BCUT2D eigenvalue weighted by Gasteiger charge is -2.35. The van der Waals surface area contributed by atoms with Crippen molar-refractivity contribution in [3.8, 4) is 16.9 Å². The number of aryl methyl sites for hydroxylation is 3. The summed E-state index contributed by atoms with van der Waals surface area (Å²) in [6.45, 7) is 12.4. The van der Waals surface area contributed by atoms with E-state index in [-0.39, 0.29) is 5.91 Å². The molecule has 0 saturated carbocycles. The van der Waals surface area contributed by atoms with Gasteiger partial charge in [0.25, 0.3) is 0 Å². The fourth-order valence-corrected chi connectivity index (χ4v) is 5.20. The van der Waals surface area contributed by atoms with E-state index in [1.807, 2.05) is 41.1 Å². The summed E-state index contributed by atoms with van der Waals surface area (Å²) in [7, 11) is 0. The van der Waals surface area contributed by atoms with Crippen molar-refractivity contribution in [3.63, 3.8) is 0 Å². The van der Waals surface area contributed by atoms with Gasteiger partial charge in [0, 0.05) is 51.0 Å². The van der Waals surface area contributed by atoms with E-state index in [1.165, 1.54) is 29.5 Å². The third-order valence-electron chi connectivity index (χ3n) is 7.41. The number of benzene rings is 2. The lowest BCUT2D eigenvalue weighted by molar-refractivity contribution is -0.117. The van der Waals surface area contributed by atoms with Crippen molar-refractivity contribution in [3.05, 3.63) is 65.2 Å². The van der Waals surface area contributed by atoms with E-state index >= 15 is 0 Å². The number of aromatic nitrogens is 2. The van der Waals surface area contributed by atoms with Gasteiger partial charge in [-0.3, -0.25) is 14.6 Å². The molecule has 1 amide bonds. The molecule has 0 spiro atoms. The Morgan fingerprint density at radius 1 is 0.972 bits per heavy atom. The normalized spacial score (nSPS) is 19.0. The van der Waals surface area contributed by atoms with Crippen LogP contribution in [0.25, 0.3) is 16.9 Å². The minimum atomic E-state index is -0.0111. The van der Waals surface area contributed by atoms with Crippen LogP contribution in [-0.2, 0) is 9.53 Å². The molecule has 7 heteroatoms. The van der Waals surface area contributed by atoms with Gasteiger partial charge in [-0.25, -0.2) is 4.68 Å². The second-order valence-corrected chi connectivity index (χ2v) is 10.2. The van der Waals surface area contributed by atoms with Crippen molar-refractivity contribution in [1.29, 1.82) is 0 Å². The number of carbonyl (C=O) groups excluding carboxylic acids is 1. The van der Waals surface area contributed by atoms with E-state index in [0.29, 0.717) is 18.5 Å². The lowest BCUT2D eigenvalue weighted by atomic mass is 9.99. The number of hydrogen-bond acceptors (Lipinski definition) is 5. The predicted molar refractivity (Wildman–Crippen MR) is 144 cm³/mol. The van der Waals surface area contributed by atoms with E-state index in [1.54, 1.807) is 0 Å². The van der Waals surface area contributed by atoms with Gasteiger partial charge in [-0.05, 0) is 68.5 Å². The highest BCUT2D eigenvalue weighted by Crippen LogP contribution is 2.29. The zero-order chi connectivity index (χ0) is 25.1. The van der Waals surface area contributed by atoms with Crippen LogP contribution in [0.3, 0.4) is 0 Å². The third kappa shape index (κ3) is 5.69. The number of hydrogen-bond donors (Lipinski definition) is 1. The number of anilines is 1. The maximum absolute atomic E-state index is 13.1. The zero-order valence-corrected chi connectivity index (χ0v) is 21.7. The van der Waals surface area contributed by atoms with Crippen LogP contribution < -0.4 is 5.32 Å². The van der Waals surface area contributed by atoms with Crippen LogP contribution >= 0.6 is 0 Å². The van der Waals surface area contributed by atoms with Gasteiger partial charge in [0.05, 0.1) is 24.0 Å². The number of amides is 1. The second kappa shape index (κ2) is 10.9. The lowest BCUT2D eigenvalue weighted by Crippen LogP contribution is -2.50. The second-order valence-electron chi connectivity index (χ2n) is 10.2. The smallest absolute Gasteiger partial charge is 0.239 e. The molecular weight excluding hydrogens is 450 g/mol. The molecular formula is C29H37N5O2. The van der Waals surface area contributed by atoms with Crippen molar-refractivity contribution in [2.75, 3.05) is 51.2 Å². The number of piperazine rings is 1. The number of nitrogens with one attached hydrogen (secondary N) is 1. The summed E-state index contributed by atoms with van der Waals surface area (Å²) >= 11 is 0. The topological polar surface area (TPSA) is 62.6 Å². The monoisotopic (exact) mass is 487 g/mol. The minimum absolute atomic E-state index is 0.0111. The number of nitrogens with zero attached hydrogens (tertiary/aromatic N) is 4. The molecule has 0 bridgehead atoms. The molecule has 7 nitrogen and oxygen atoms in total. The van der Waals surface area contributed by atoms with Crippen molar-refractivity contribution in [2.24, 2.45) is 0 Å². The van der Waals surface area contributed by atoms with Gasteiger partial charge < -0.3 is 10.1 Å². The van der Waals surface area contributed by atoms with Crippen LogP contribution in [0.5, 0.6) is 0 Å². The van der Waals surface area contributed by atoms with Crippen molar-refractivity contribution >= 4 is 11.7 Å². The molecule has 2 fully saturated rings. The minimum Gasteiger partial charge on any atom is -0.377 e. The summed E-state index contributed by atoms with van der Waals surface area (Å²) in [6.07, 6.45) is 2.73. The number of rotatable bonds is 7. The SMILES string of the molecule is Cc1cc(C)c(-c2cc(NC(=O)CN3CCN(CC4CCCO4)CC3)n(-c3ccccc3)n2)cc1C. The van der Waals surface area contributed by atoms with Crippen molar-refractivity contribution < 1.29 is 9.53 Å². The highest BCUT2D eigenvalue weighted by Gasteiger charge is 2.24. The molecule has 3 aromatic rings. The van der Waals surface area contributed by atoms with Gasteiger partial charge in [-0.1, -0.05) is 24.3 Å². The third-order valence-corrected chi connectivity index (χ3v) is 7.41. The summed E-state index contributed by atoms with van der Waals surface area (Å²) in [6, 6.07) is 16.3. The fourth-order valence-electron chi connectivity index (χ4n) is 5.20. The fraction of sp³-hybridized carbons (Fsp3) is 0.448. The Kier molecular flexibility index (Phi) is 7.51. The van der Waals surface area contributed by atoms with Crippen LogP contribution in [-0.4, -0.2) is 77.5 Å². The number of ether oxygens (including phenoxy) is 1. The van der Waals surface area contributed by atoms with E-state index < -0.39 is 0 Å². The molecule has 1 aromatic heterocycles. The number of para-hydroxylation sites is 1. The quantitative estimate of drug-likeness (QED) is 0.541. The number of carbonyl (C=O) groups is 1. The molecule has 2 aliphatic heterocycles. The van der Waals surface area contributed by atoms with Crippen LogP contribution in [0.4, 0.5) is 5.82 Å². The molecule has 0 aliphatic carbocycles. The summed E-state index contributed by atoms with van der Waals surface area (Å²) in [4.78, 5) is 17.8. The Morgan fingerprint density at radius 3 is 2.42 bits per heavy atom. The van der Waals surface area contributed by atoms with E-state index in [4.69, 9.17) is 9.84 Å². The molecule has 5 rings (SSSR count).